The Morgan fingerprint density at radius 1 is 1.35 bits per heavy atom. The van der Waals surface area contributed by atoms with E-state index in [-0.39, 0.29) is 0 Å². The molecule has 1 aliphatic heterocycles. The van der Waals surface area contributed by atoms with Gasteiger partial charge < -0.3 is 10.5 Å². The van der Waals surface area contributed by atoms with E-state index < -0.39 is 0 Å². The summed E-state index contributed by atoms with van der Waals surface area (Å²) in [7, 11) is 1.73. The number of benzene rings is 1. The molecule has 1 aromatic carbocycles. The molecular formula is C14H22N2O. The van der Waals surface area contributed by atoms with Crippen molar-refractivity contribution in [2.24, 2.45) is 11.7 Å². The molecule has 1 fully saturated rings. The summed E-state index contributed by atoms with van der Waals surface area (Å²) >= 11 is 0. The van der Waals surface area contributed by atoms with Gasteiger partial charge in [0.1, 0.15) is 5.75 Å². The summed E-state index contributed by atoms with van der Waals surface area (Å²) in [5, 5.41) is 0. The highest BCUT2D eigenvalue weighted by atomic mass is 16.5. The molecule has 3 nitrogen and oxygen atoms in total. The molecule has 2 N–H and O–H groups in total. The maximum absolute atomic E-state index is 6.08. The Morgan fingerprint density at radius 2 is 2.06 bits per heavy atom. The average Bonchev–Trinajstić information content (AvgIpc) is 2.68. The van der Waals surface area contributed by atoms with Gasteiger partial charge in [-0.1, -0.05) is 25.1 Å². The van der Waals surface area contributed by atoms with Crippen LogP contribution in [0.1, 0.15) is 25.5 Å². The number of hydrogen-bond acceptors (Lipinski definition) is 3. The van der Waals surface area contributed by atoms with E-state index >= 15 is 0 Å². The number of para-hydroxylation sites is 1. The van der Waals surface area contributed by atoms with E-state index in [1.807, 2.05) is 12.1 Å². The van der Waals surface area contributed by atoms with Crippen molar-refractivity contribution in [1.29, 1.82) is 0 Å². The minimum absolute atomic E-state index is 0.298. The molecule has 0 aliphatic carbocycles. The molecule has 0 bridgehead atoms. The third kappa shape index (κ3) is 2.45. The van der Waals surface area contributed by atoms with E-state index in [0.717, 1.165) is 18.8 Å². The maximum Gasteiger partial charge on any atom is 0.123 e. The van der Waals surface area contributed by atoms with E-state index in [1.165, 1.54) is 5.56 Å². The zero-order chi connectivity index (χ0) is 12.4. The minimum Gasteiger partial charge on any atom is -0.496 e. The van der Waals surface area contributed by atoms with Crippen LogP contribution in [0.5, 0.6) is 5.75 Å². The Hall–Kier alpha value is -1.06. The van der Waals surface area contributed by atoms with Crippen LogP contribution in [0, 0.1) is 5.92 Å². The van der Waals surface area contributed by atoms with Crippen molar-refractivity contribution in [2.45, 2.75) is 25.9 Å². The summed E-state index contributed by atoms with van der Waals surface area (Å²) < 4.78 is 5.42. The van der Waals surface area contributed by atoms with Crippen molar-refractivity contribution in [3.8, 4) is 5.75 Å². The molecule has 94 valence electrons. The number of ether oxygens (including phenoxy) is 1. The number of nitrogens with two attached hydrogens (primary N) is 1. The largest absolute Gasteiger partial charge is 0.496 e. The standard InChI is InChI=1S/C14H22N2O/c1-10-8-16(9-13(10)15)11(2)12-6-4-5-7-14(12)17-3/h4-7,10-11,13H,8-9,15H2,1-3H3. The lowest BCUT2D eigenvalue weighted by Gasteiger charge is -2.25. The quantitative estimate of drug-likeness (QED) is 0.869. The Balaban J connectivity index is 2.17. The number of rotatable bonds is 3. The highest BCUT2D eigenvalue weighted by molar-refractivity contribution is 5.35. The highest BCUT2D eigenvalue weighted by Gasteiger charge is 2.30. The van der Waals surface area contributed by atoms with Gasteiger partial charge in [-0.25, -0.2) is 0 Å². The fraction of sp³-hybridized carbons (Fsp3) is 0.571. The van der Waals surface area contributed by atoms with Gasteiger partial charge in [-0.3, -0.25) is 4.90 Å². The van der Waals surface area contributed by atoms with Crippen LogP contribution in [0.2, 0.25) is 0 Å². The highest BCUT2D eigenvalue weighted by Crippen LogP contribution is 2.31. The minimum atomic E-state index is 0.298. The van der Waals surface area contributed by atoms with Gasteiger partial charge >= 0.3 is 0 Å². The SMILES string of the molecule is COc1ccccc1C(C)N1CC(C)C(N)C1. The van der Waals surface area contributed by atoms with Crippen molar-refractivity contribution < 1.29 is 4.74 Å². The van der Waals surface area contributed by atoms with Crippen molar-refractivity contribution in [3.63, 3.8) is 0 Å². The second-order valence-corrected chi connectivity index (χ2v) is 5.01. The Labute approximate surface area is 104 Å². The maximum atomic E-state index is 6.08. The Bertz CT molecular complexity index is 370. The molecule has 0 radical (unpaired) electrons. The summed E-state index contributed by atoms with van der Waals surface area (Å²) in [5.41, 5.74) is 7.33. The van der Waals surface area contributed by atoms with Gasteiger partial charge in [-0.2, -0.15) is 0 Å². The van der Waals surface area contributed by atoms with E-state index in [2.05, 4.69) is 30.9 Å². The van der Waals surface area contributed by atoms with Crippen molar-refractivity contribution in [2.75, 3.05) is 20.2 Å². The third-order valence-corrected chi connectivity index (χ3v) is 3.84. The molecule has 2 rings (SSSR count). The topological polar surface area (TPSA) is 38.5 Å². The normalized spacial score (nSPS) is 27.1. The predicted octanol–water partition coefficient (Wildman–Crippen LogP) is 2.04. The number of likely N-dealkylation sites (tertiary alicyclic amines) is 1. The second-order valence-electron chi connectivity index (χ2n) is 5.01. The lowest BCUT2D eigenvalue weighted by atomic mass is 10.1. The summed E-state index contributed by atoms with van der Waals surface area (Å²) in [4.78, 5) is 2.44. The summed E-state index contributed by atoms with van der Waals surface area (Å²) in [6.07, 6.45) is 0. The lowest BCUT2D eigenvalue weighted by Crippen LogP contribution is -2.29. The summed E-state index contributed by atoms with van der Waals surface area (Å²) in [5.74, 6) is 1.54. The van der Waals surface area contributed by atoms with E-state index in [4.69, 9.17) is 10.5 Å². The molecule has 3 heteroatoms. The lowest BCUT2D eigenvalue weighted by molar-refractivity contribution is 0.247. The molecule has 3 atom stereocenters. The van der Waals surface area contributed by atoms with Crippen LogP contribution in [0.15, 0.2) is 24.3 Å². The van der Waals surface area contributed by atoms with Crippen LogP contribution in [-0.4, -0.2) is 31.1 Å². The van der Waals surface area contributed by atoms with Crippen molar-refractivity contribution >= 4 is 0 Å². The van der Waals surface area contributed by atoms with Gasteiger partial charge in [0, 0.05) is 30.7 Å². The smallest absolute Gasteiger partial charge is 0.123 e. The third-order valence-electron chi connectivity index (χ3n) is 3.84. The first-order valence-electron chi connectivity index (χ1n) is 6.26. The fourth-order valence-electron chi connectivity index (χ4n) is 2.56. The molecule has 0 spiro atoms. The predicted molar refractivity (Wildman–Crippen MR) is 70.1 cm³/mol. The molecule has 0 aromatic heterocycles. The molecule has 17 heavy (non-hydrogen) atoms. The van der Waals surface area contributed by atoms with Gasteiger partial charge in [-0.15, -0.1) is 0 Å². The zero-order valence-electron chi connectivity index (χ0n) is 10.9. The van der Waals surface area contributed by atoms with Gasteiger partial charge in [0.25, 0.3) is 0 Å². The fourth-order valence-corrected chi connectivity index (χ4v) is 2.56. The molecular weight excluding hydrogens is 212 g/mol. The van der Waals surface area contributed by atoms with E-state index in [1.54, 1.807) is 7.11 Å². The molecule has 1 aromatic rings. The first-order valence-corrected chi connectivity index (χ1v) is 6.26. The molecule has 0 amide bonds. The zero-order valence-corrected chi connectivity index (χ0v) is 10.9. The van der Waals surface area contributed by atoms with E-state index in [0.29, 0.717) is 18.0 Å². The Morgan fingerprint density at radius 3 is 2.65 bits per heavy atom. The van der Waals surface area contributed by atoms with Gasteiger partial charge in [0.05, 0.1) is 7.11 Å². The van der Waals surface area contributed by atoms with Crippen LogP contribution in [0.25, 0.3) is 0 Å². The van der Waals surface area contributed by atoms with Crippen molar-refractivity contribution in [3.05, 3.63) is 29.8 Å². The molecule has 3 unspecified atom stereocenters. The molecule has 0 saturated carbocycles. The number of hydrogen-bond donors (Lipinski definition) is 1. The molecule has 1 saturated heterocycles. The summed E-state index contributed by atoms with van der Waals surface area (Å²) in [6, 6.07) is 8.89. The number of nitrogens with zero attached hydrogens (tertiary/aromatic N) is 1. The van der Waals surface area contributed by atoms with Gasteiger partial charge in [-0.05, 0) is 18.9 Å². The first-order chi connectivity index (χ1) is 8.13. The molecule has 1 heterocycles. The van der Waals surface area contributed by atoms with E-state index in [9.17, 15) is 0 Å². The van der Waals surface area contributed by atoms with Crippen LogP contribution in [0.4, 0.5) is 0 Å². The van der Waals surface area contributed by atoms with Crippen LogP contribution >= 0.6 is 0 Å². The van der Waals surface area contributed by atoms with Crippen LogP contribution < -0.4 is 10.5 Å². The van der Waals surface area contributed by atoms with Crippen LogP contribution in [-0.2, 0) is 0 Å². The van der Waals surface area contributed by atoms with Crippen LogP contribution in [0.3, 0.4) is 0 Å². The van der Waals surface area contributed by atoms with Gasteiger partial charge in [0.2, 0.25) is 0 Å². The number of methoxy groups -OCH3 is 1. The van der Waals surface area contributed by atoms with Gasteiger partial charge in [0.15, 0.2) is 0 Å². The average molecular weight is 234 g/mol. The Kier molecular flexibility index (Phi) is 3.69. The summed E-state index contributed by atoms with van der Waals surface area (Å²) in [6.45, 7) is 6.49. The van der Waals surface area contributed by atoms with Crippen molar-refractivity contribution in [1.82, 2.24) is 4.90 Å². The molecule has 1 aliphatic rings. The monoisotopic (exact) mass is 234 g/mol. The first kappa shape index (κ1) is 12.4. The second kappa shape index (κ2) is 5.07.